The second-order valence-electron chi connectivity index (χ2n) is 5.35. The lowest BCUT2D eigenvalue weighted by atomic mass is 10.0. The first-order valence-corrected chi connectivity index (χ1v) is 7.11. The van der Waals surface area contributed by atoms with Gasteiger partial charge in [-0.05, 0) is 45.3 Å². The van der Waals surface area contributed by atoms with Crippen LogP contribution in [0.5, 0.6) is 0 Å². The van der Waals surface area contributed by atoms with E-state index in [1.807, 2.05) is 0 Å². The molecule has 0 spiro atoms. The largest absolute Gasteiger partial charge is 0.322 e. The monoisotopic (exact) mass is 263 g/mol. The van der Waals surface area contributed by atoms with Crippen molar-refractivity contribution in [2.75, 3.05) is 25.0 Å². The number of likely N-dealkylation sites (tertiary alicyclic amines) is 1. The Hall–Kier alpha value is -1.40. The van der Waals surface area contributed by atoms with Gasteiger partial charge in [0.2, 0.25) is 5.91 Å². The first-order valence-electron chi connectivity index (χ1n) is 7.11. The molecule has 104 valence electrons. The second-order valence-corrected chi connectivity index (χ2v) is 5.35. The predicted molar refractivity (Wildman–Crippen MR) is 72.8 cm³/mol. The van der Waals surface area contributed by atoms with Gasteiger partial charge in [-0.2, -0.15) is 5.10 Å². The molecule has 6 heteroatoms. The zero-order chi connectivity index (χ0) is 13.1. The maximum Gasteiger partial charge on any atom is 0.241 e. The number of piperidine rings is 1. The first kappa shape index (κ1) is 12.6. The Labute approximate surface area is 112 Å². The molecule has 1 amide bonds. The van der Waals surface area contributed by atoms with Crippen molar-refractivity contribution in [1.29, 1.82) is 0 Å². The highest BCUT2D eigenvalue weighted by Gasteiger charge is 2.35. The molecule has 1 atom stereocenters. The molecule has 2 aliphatic heterocycles. The highest BCUT2D eigenvalue weighted by molar-refractivity contribution is 5.94. The maximum atomic E-state index is 12.4. The van der Waals surface area contributed by atoms with Crippen molar-refractivity contribution in [3.8, 4) is 0 Å². The molecule has 0 radical (unpaired) electrons. The van der Waals surface area contributed by atoms with Crippen LogP contribution >= 0.6 is 0 Å². The molecule has 2 saturated heterocycles. The normalized spacial score (nSPS) is 25.6. The van der Waals surface area contributed by atoms with E-state index in [4.69, 9.17) is 0 Å². The maximum absolute atomic E-state index is 12.4. The van der Waals surface area contributed by atoms with E-state index in [0.717, 1.165) is 51.0 Å². The predicted octanol–water partition coefficient (Wildman–Crippen LogP) is 0.565. The van der Waals surface area contributed by atoms with Crippen LogP contribution in [0.4, 0.5) is 5.69 Å². The zero-order valence-electron chi connectivity index (χ0n) is 11.1. The molecule has 6 nitrogen and oxygen atoms in total. The van der Waals surface area contributed by atoms with E-state index in [-0.39, 0.29) is 11.9 Å². The van der Waals surface area contributed by atoms with Gasteiger partial charge in [-0.1, -0.05) is 0 Å². The van der Waals surface area contributed by atoms with Gasteiger partial charge < -0.3 is 10.6 Å². The van der Waals surface area contributed by atoms with Gasteiger partial charge >= 0.3 is 0 Å². The minimum Gasteiger partial charge on any atom is -0.322 e. The van der Waals surface area contributed by atoms with Crippen molar-refractivity contribution in [3.05, 3.63) is 12.4 Å². The van der Waals surface area contributed by atoms with E-state index < -0.39 is 0 Å². The Balaban J connectivity index is 1.63. The van der Waals surface area contributed by atoms with E-state index >= 15 is 0 Å². The fourth-order valence-electron chi connectivity index (χ4n) is 3.19. The number of carbonyl (C=O) groups excluding carboxylic acids is 1. The Morgan fingerprint density at radius 1 is 1.37 bits per heavy atom. The van der Waals surface area contributed by atoms with Crippen LogP contribution in [0.1, 0.15) is 25.7 Å². The van der Waals surface area contributed by atoms with Gasteiger partial charge in [0.05, 0.1) is 17.9 Å². The fourth-order valence-corrected chi connectivity index (χ4v) is 3.19. The summed E-state index contributed by atoms with van der Waals surface area (Å²) in [4.78, 5) is 14.8. The Morgan fingerprint density at radius 2 is 2.21 bits per heavy atom. The zero-order valence-corrected chi connectivity index (χ0v) is 11.1. The first-order chi connectivity index (χ1) is 9.34. The van der Waals surface area contributed by atoms with Crippen molar-refractivity contribution < 1.29 is 4.79 Å². The number of carbonyl (C=O) groups is 1. The third-order valence-corrected chi connectivity index (χ3v) is 4.14. The van der Waals surface area contributed by atoms with Crippen LogP contribution in [0.25, 0.3) is 0 Å². The molecule has 0 bridgehead atoms. The van der Waals surface area contributed by atoms with Gasteiger partial charge in [0.1, 0.15) is 0 Å². The average molecular weight is 263 g/mol. The van der Waals surface area contributed by atoms with E-state index in [2.05, 4.69) is 25.7 Å². The summed E-state index contributed by atoms with van der Waals surface area (Å²) < 4.78 is 0. The lowest BCUT2D eigenvalue weighted by Crippen LogP contribution is -2.49. The summed E-state index contributed by atoms with van der Waals surface area (Å²) in [6.45, 7) is 3.18. The minimum atomic E-state index is 0.0259. The number of aromatic nitrogens is 2. The van der Waals surface area contributed by atoms with Crippen LogP contribution in [0.15, 0.2) is 12.4 Å². The summed E-state index contributed by atoms with van der Waals surface area (Å²) in [5.74, 6) is 0.109. The molecule has 1 aromatic rings. The van der Waals surface area contributed by atoms with Gasteiger partial charge in [-0.3, -0.25) is 14.8 Å². The Morgan fingerprint density at radius 3 is 2.95 bits per heavy atom. The summed E-state index contributed by atoms with van der Waals surface area (Å²) in [6, 6.07) is 0.585. The van der Waals surface area contributed by atoms with E-state index in [0.29, 0.717) is 6.04 Å². The lowest BCUT2D eigenvalue weighted by Gasteiger charge is -2.35. The molecular formula is C13H21N5O. The van der Waals surface area contributed by atoms with Gasteiger partial charge in [-0.15, -0.1) is 0 Å². The van der Waals surface area contributed by atoms with Crippen LogP contribution < -0.4 is 10.6 Å². The summed E-state index contributed by atoms with van der Waals surface area (Å²) >= 11 is 0. The molecule has 3 N–H and O–H groups in total. The fraction of sp³-hybridized carbons (Fsp3) is 0.692. The summed E-state index contributed by atoms with van der Waals surface area (Å²) in [5.41, 5.74) is 0.752. The summed E-state index contributed by atoms with van der Waals surface area (Å²) in [6.07, 6.45) is 7.73. The number of anilines is 1. The number of nitrogens with one attached hydrogen (secondary N) is 3. The van der Waals surface area contributed by atoms with Crippen LogP contribution in [-0.4, -0.2) is 52.7 Å². The number of rotatable bonds is 3. The van der Waals surface area contributed by atoms with Gasteiger partial charge in [0.15, 0.2) is 0 Å². The Bertz CT molecular complexity index is 413. The number of H-pyrrole nitrogens is 1. The summed E-state index contributed by atoms with van der Waals surface area (Å²) in [7, 11) is 0. The number of amides is 1. The van der Waals surface area contributed by atoms with Gasteiger partial charge in [0, 0.05) is 12.2 Å². The number of nitrogens with zero attached hydrogens (tertiary/aromatic N) is 2. The molecule has 3 heterocycles. The third kappa shape index (κ3) is 2.79. The van der Waals surface area contributed by atoms with Crippen LogP contribution in [0.2, 0.25) is 0 Å². The van der Waals surface area contributed by atoms with E-state index in [1.165, 1.54) is 0 Å². The number of aromatic amines is 1. The Kier molecular flexibility index (Phi) is 3.79. The number of hydrogen-bond donors (Lipinski definition) is 3. The second kappa shape index (κ2) is 5.71. The van der Waals surface area contributed by atoms with Gasteiger partial charge in [0.25, 0.3) is 0 Å². The molecular weight excluding hydrogens is 242 g/mol. The summed E-state index contributed by atoms with van der Waals surface area (Å²) in [5, 5.41) is 12.9. The molecule has 0 saturated carbocycles. The molecule has 2 aliphatic rings. The molecule has 0 aliphatic carbocycles. The van der Waals surface area contributed by atoms with Crippen molar-refractivity contribution >= 4 is 11.6 Å². The van der Waals surface area contributed by atoms with E-state index in [9.17, 15) is 4.79 Å². The quantitative estimate of drug-likeness (QED) is 0.745. The molecule has 2 fully saturated rings. The van der Waals surface area contributed by atoms with Crippen LogP contribution in [0, 0.1) is 0 Å². The van der Waals surface area contributed by atoms with Gasteiger partial charge in [-0.25, -0.2) is 0 Å². The molecule has 1 unspecified atom stereocenters. The standard InChI is InChI=1S/C13H21N5O/c19-13(17-10-8-15-16-9-10)12-2-1-7-18(12)11-3-5-14-6-4-11/h8-9,11-12,14H,1-7H2,(H,15,16)(H,17,19). The highest BCUT2D eigenvalue weighted by atomic mass is 16.2. The van der Waals surface area contributed by atoms with Crippen molar-refractivity contribution in [2.45, 2.75) is 37.8 Å². The number of hydrogen-bond acceptors (Lipinski definition) is 4. The minimum absolute atomic E-state index is 0.0259. The van der Waals surface area contributed by atoms with Crippen LogP contribution in [-0.2, 0) is 4.79 Å². The molecule has 19 heavy (non-hydrogen) atoms. The smallest absolute Gasteiger partial charge is 0.241 e. The lowest BCUT2D eigenvalue weighted by molar-refractivity contribution is -0.121. The third-order valence-electron chi connectivity index (χ3n) is 4.14. The van der Waals surface area contributed by atoms with Crippen molar-refractivity contribution in [1.82, 2.24) is 20.4 Å². The van der Waals surface area contributed by atoms with Crippen molar-refractivity contribution in [3.63, 3.8) is 0 Å². The van der Waals surface area contributed by atoms with Crippen LogP contribution in [0.3, 0.4) is 0 Å². The van der Waals surface area contributed by atoms with E-state index in [1.54, 1.807) is 12.4 Å². The highest BCUT2D eigenvalue weighted by Crippen LogP contribution is 2.25. The average Bonchev–Trinajstić information content (AvgIpc) is 3.10. The van der Waals surface area contributed by atoms with Crippen molar-refractivity contribution in [2.24, 2.45) is 0 Å². The topological polar surface area (TPSA) is 73.0 Å². The molecule has 0 aromatic carbocycles. The molecule has 1 aromatic heterocycles. The SMILES string of the molecule is O=C(Nc1cn[nH]c1)C1CCCN1C1CCNCC1. The molecule has 3 rings (SSSR count).